The van der Waals surface area contributed by atoms with E-state index in [-0.39, 0.29) is 5.91 Å². The van der Waals surface area contributed by atoms with E-state index in [1.165, 1.54) is 17.5 Å². The molecule has 1 saturated heterocycles. The number of carbonyl (C=O) groups excluding carboxylic acids is 1. The van der Waals surface area contributed by atoms with Gasteiger partial charge in [-0.3, -0.25) is 9.78 Å². The van der Waals surface area contributed by atoms with E-state index < -0.39 is 0 Å². The van der Waals surface area contributed by atoms with E-state index >= 15 is 0 Å². The van der Waals surface area contributed by atoms with Crippen LogP contribution in [0.4, 0.5) is 5.69 Å². The summed E-state index contributed by atoms with van der Waals surface area (Å²) >= 11 is 0. The van der Waals surface area contributed by atoms with Crippen LogP contribution in [-0.4, -0.2) is 28.9 Å². The summed E-state index contributed by atoms with van der Waals surface area (Å²) in [5.41, 5.74) is 4.06. The maximum atomic E-state index is 12.7. The first kappa shape index (κ1) is 16.5. The lowest BCUT2D eigenvalue weighted by molar-refractivity contribution is 0.0682. The number of aromatic nitrogens is 1. The third-order valence-corrected chi connectivity index (χ3v) is 4.67. The van der Waals surface area contributed by atoms with E-state index in [4.69, 9.17) is 0 Å². The van der Waals surface area contributed by atoms with Crippen molar-refractivity contribution in [3.63, 3.8) is 0 Å². The van der Waals surface area contributed by atoms with Crippen LogP contribution in [0.15, 0.2) is 42.7 Å². The van der Waals surface area contributed by atoms with E-state index in [1.54, 1.807) is 12.4 Å². The number of carbonyl (C=O) groups is 1. The molecule has 1 aromatic heterocycles. The molecule has 0 spiro atoms. The van der Waals surface area contributed by atoms with Crippen molar-refractivity contribution in [2.75, 3.05) is 18.4 Å². The van der Waals surface area contributed by atoms with Crippen molar-refractivity contribution < 1.29 is 4.79 Å². The summed E-state index contributed by atoms with van der Waals surface area (Å²) in [6, 6.07) is 10.2. The lowest BCUT2D eigenvalue weighted by Crippen LogP contribution is -2.39. The van der Waals surface area contributed by atoms with Gasteiger partial charge in [0.2, 0.25) is 0 Å². The minimum absolute atomic E-state index is 0.0913. The Balaban J connectivity index is 1.67. The molecule has 1 atom stereocenters. The molecule has 0 aliphatic carbocycles. The molecule has 0 saturated carbocycles. The smallest absolute Gasteiger partial charge is 0.255 e. The fraction of sp³-hybridized carbons (Fsp3) is 0.400. The lowest BCUT2D eigenvalue weighted by atomic mass is 10.00. The molecule has 24 heavy (non-hydrogen) atoms. The first-order chi connectivity index (χ1) is 11.6. The molecule has 1 amide bonds. The zero-order valence-corrected chi connectivity index (χ0v) is 14.5. The molecule has 1 aliphatic heterocycles. The molecule has 126 valence electrons. The minimum atomic E-state index is 0.0913. The molecule has 2 aromatic rings. The van der Waals surface area contributed by atoms with E-state index in [2.05, 4.69) is 36.3 Å². The van der Waals surface area contributed by atoms with Crippen LogP contribution in [0.5, 0.6) is 0 Å². The monoisotopic (exact) mass is 323 g/mol. The number of benzene rings is 1. The predicted molar refractivity (Wildman–Crippen MR) is 97.0 cm³/mol. The number of hydrogen-bond donors (Lipinski definition) is 1. The number of rotatable bonds is 4. The van der Waals surface area contributed by atoms with E-state index in [9.17, 15) is 4.79 Å². The van der Waals surface area contributed by atoms with Gasteiger partial charge < -0.3 is 10.2 Å². The Bertz CT molecular complexity index is 714. The molecule has 4 heteroatoms. The van der Waals surface area contributed by atoms with E-state index in [0.717, 1.165) is 31.7 Å². The first-order valence-corrected chi connectivity index (χ1v) is 8.66. The Morgan fingerprint density at radius 2 is 2.17 bits per heavy atom. The van der Waals surface area contributed by atoms with Crippen LogP contribution in [0.2, 0.25) is 0 Å². The Morgan fingerprint density at radius 1 is 1.33 bits per heavy atom. The largest absolute Gasteiger partial charge is 0.380 e. The van der Waals surface area contributed by atoms with Crippen molar-refractivity contribution in [1.82, 2.24) is 9.88 Å². The fourth-order valence-electron chi connectivity index (χ4n) is 3.22. The van der Waals surface area contributed by atoms with E-state index in [1.807, 2.05) is 23.1 Å². The molecule has 0 radical (unpaired) electrons. The van der Waals surface area contributed by atoms with Crippen LogP contribution in [0.1, 0.15) is 41.3 Å². The van der Waals surface area contributed by atoms with Gasteiger partial charge in [0.15, 0.2) is 0 Å². The number of likely N-dealkylation sites (tertiary alicyclic amines) is 1. The van der Waals surface area contributed by atoms with Gasteiger partial charge in [0, 0.05) is 32.0 Å². The number of nitrogens with zero attached hydrogens (tertiary/aromatic N) is 2. The molecule has 1 fully saturated rings. The predicted octanol–water partition coefficient (Wildman–Crippen LogP) is 3.87. The summed E-state index contributed by atoms with van der Waals surface area (Å²) in [7, 11) is 0. The Hall–Kier alpha value is -2.36. The topological polar surface area (TPSA) is 45.2 Å². The Labute approximate surface area is 143 Å². The number of hydrogen-bond acceptors (Lipinski definition) is 3. The summed E-state index contributed by atoms with van der Waals surface area (Å²) in [6.07, 6.45) is 5.74. The van der Waals surface area contributed by atoms with Crippen molar-refractivity contribution in [3.8, 4) is 0 Å². The summed E-state index contributed by atoms with van der Waals surface area (Å²) in [5, 5.41) is 3.38. The van der Waals surface area contributed by atoms with Crippen LogP contribution >= 0.6 is 0 Å². The molecule has 1 N–H and O–H groups in total. The van der Waals surface area contributed by atoms with Gasteiger partial charge in [-0.1, -0.05) is 31.2 Å². The number of nitrogens with one attached hydrogen (secondary N) is 1. The van der Waals surface area contributed by atoms with Crippen LogP contribution in [-0.2, 0) is 6.54 Å². The van der Waals surface area contributed by atoms with Crippen LogP contribution in [0.3, 0.4) is 0 Å². The fourth-order valence-corrected chi connectivity index (χ4v) is 3.22. The Kier molecular flexibility index (Phi) is 5.14. The zero-order chi connectivity index (χ0) is 16.9. The molecule has 3 rings (SSSR count). The second-order valence-electron chi connectivity index (χ2n) is 6.74. The molecule has 2 heterocycles. The maximum absolute atomic E-state index is 12.7. The van der Waals surface area contributed by atoms with Gasteiger partial charge in [0.25, 0.3) is 5.91 Å². The normalized spacial score (nSPS) is 17.6. The third-order valence-electron chi connectivity index (χ3n) is 4.67. The van der Waals surface area contributed by atoms with Crippen LogP contribution in [0.25, 0.3) is 0 Å². The van der Waals surface area contributed by atoms with Gasteiger partial charge in [-0.05, 0) is 42.9 Å². The SMILES string of the molecule is Cc1ccccc1CNc1cncc(C(=O)N2CCCC(C)C2)c1. The molecule has 1 unspecified atom stereocenters. The molecular formula is C20H25N3O. The van der Waals surface area contributed by atoms with Gasteiger partial charge in [-0.2, -0.15) is 0 Å². The number of amides is 1. The lowest BCUT2D eigenvalue weighted by Gasteiger charge is -2.31. The quantitative estimate of drug-likeness (QED) is 0.929. The average molecular weight is 323 g/mol. The average Bonchev–Trinajstić information content (AvgIpc) is 2.61. The van der Waals surface area contributed by atoms with Crippen molar-refractivity contribution in [2.45, 2.75) is 33.2 Å². The Morgan fingerprint density at radius 3 is 2.96 bits per heavy atom. The third kappa shape index (κ3) is 3.94. The van der Waals surface area contributed by atoms with Gasteiger partial charge in [-0.25, -0.2) is 0 Å². The van der Waals surface area contributed by atoms with Crippen molar-refractivity contribution in [3.05, 3.63) is 59.4 Å². The summed E-state index contributed by atoms with van der Waals surface area (Å²) in [4.78, 5) is 18.9. The zero-order valence-electron chi connectivity index (χ0n) is 14.5. The van der Waals surface area contributed by atoms with E-state index in [0.29, 0.717) is 11.5 Å². The molecular weight excluding hydrogens is 298 g/mol. The second kappa shape index (κ2) is 7.47. The summed E-state index contributed by atoms with van der Waals surface area (Å²) in [6.45, 7) is 6.74. The van der Waals surface area contributed by atoms with Crippen molar-refractivity contribution in [2.24, 2.45) is 5.92 Å². The minimum Gasteiger partial charge on any atom is -0.380 e. The first-order valence-electron chi connectivity index (χ1n) is 8.66. The van der Waals surface area contributed by atoms with Crippen LogP contribution in [0, 0.1) is 12.8 Å². The summed E-state index contributed by atoms with van der Waals surface area (Å²) < 4.78 is 0. The summed E-state index contributed by atoms with van der Waals surface area (Å²) in [5.74, 6) is 0.673. The molecule has 0 bridgehead atoms. The van der Waals surface area contributed by atoms with Gasteiger partial charge >= 0.3 is 0 Å². The number of piperidine rings is 1. The highest BCUT2D eigenvalue weighted by Gasteiger charge is 2.22. The van der Waals surface area contributed by atoms with Gasteiger partial charge in [0.05, 0.1) is 11.3 Å². The van der Waals surface area contributed by atoms with Crippen molar-refractivity contribution >= 4 is 11.6 Å². The number of aryl methyl sites for hydroxylation is 1. The van der Waals surface area contributed by atoms with Crippen molar-refractivity contribution in [1.29, 1.82) is 0 Å². The van der Waals surface area contributed by atoms with Gasteiger partial charge in [0.1, 0.15) is 0 Å². The molecule has 4 nitrogen and oxygen atoms in total. The highest BCUT2D eigenvalue weighted by atomic mass is 16.2. The second-order valence-corrected chi connectivity index (χ2v) is 6.74. The number of anilines is 1. The van der Waals surface area contributed by atoms with Gasteiger partial charge in [-0.15, -0.1) is 0 Å². The number of pyridine rings is 1. The maximum Gasteiger partial charge on any atom is 0.255 e. The highest BCUT2D eigenvalue weighted by Crippen LogP contribution is 2.19. The highest BCUT2D eigenvalue weighted by molar-refractivity contribution is 5.94. The molecule has 1 aromatic carbocycles. The van der Waals surface area contributed by atoms with Crippen LogP contribution < -0.4 is 5.32 Å². The standard InChI is InChI=1S/C20H25N3O/c1-15-6-5-9-23(14-15)20(24)18-10-19(13-21-11-18)22-12-17-8-4-3-7-16(17)2/h3-4,7-8,10-11,13,15,22H,5-6,9,12,14H2,1-2H3. The molecule has 1 aliphatic rings.